The molecule has 1 aliphatic rings. The van der Waals surface area contributed by atoms with E-state index in [0.717, 1.165) is 38.5 Å². The van der Waals surface area contributed by atoms with Crippen LogP contribution in [0.5, 0.6) is 0 Å². The van der Waals surface area contributed by atoms with Crippen LogP contribution in [0.2, 0.25) is 0 Å². The third kappa shape index (κ3) is 31.6. The van der Waals surface area contributed by atoms with Crippen LogP contribution in [0, 0.1) is 0 Å². The first-order valence-electron chi connectivity index (χ1n) is 26.3. The molecule has 61 heavy (non-hydrogen) atoms. The van der Waals surface area contributed by atoms with Gasteiger partial charge in [0.15, 0.2) is 6.29 Å². The first kappa shape index (κ1) is 58.2. The van der Waals surface area contributed by atoms with Gasteiger partial charge in [0.2, 0.25) is 5.91 Å². The van der Waals surface area contributed by atoms with Crippen molar-refractivity contribution in [3.63, 3.8) is 0 Å². The van der Waals surface area contributed by atoms with Crippen LogP contribution in [0.15, 0.2) is 0 Å². The lowest BCUT2D eigenvalue weighted by Gasteiger charge is -2.40. The number of nitrogens with one attached hydrogen (secondary N) is 1. The summed E-state index contributed by atoms with van der Waals surface area (Å²) < 4.78 is 11.2. The van der Waals surface area contributed by atoms with E-state index in [1.807, 2.05) is 0 Å². The fraction of sp³-hybridized carbons (Fsp3) is 0.980. The van der Waals surface area contributed by atoms with Gasteiger partial charge in [0.25, 0.3) is 0 Å². The first-order valence-corrected chi connectivity index (χ1v) is 26.3. The maximum absolute atomic E-state index is 13.1. The Kier molecular flexibility index (Phi) is 39.9. The smallest absolute Gasteiger partial charge is 0.220 e. The molecule has 0 aromatic heterocycles. The minimum atomic E-state index is -1.60. The molecule has 1 aliphatic heterocycles. The molecular formula is C51H101NO9. The number of rotatable bonds is 45. The predicted molar refractivity (Wildman–Crippen MR) is 250 cm³/mol. The number of hydrogen-bond acceptors (Lipinski definition) is 9. The topological polar surface area (TPSA) is 169 Å². The van der Waals surface area contributed by atoms with Gasteiger partial charge in [0.1, 0.15) is 30.5 Å². The highest BCUT2D eigenvalue weighted by atomic mass is 16.7. The van der Waals surface area contributed by atoms with E-state index >= 15 is 0 Å². The molecule has 1 heterocycles. The summed E-state index contributed by atoms with van der Waals surface area (Å²) in [5.74, 6) is -0.251. The van der Waals surface area contributed by atoms with Gasteiger partial charge in [-0.3, -0.25) is 4.79 Å². The van der Waals surface area contributed by atoms with E-state index in [1.165, 1.54) is 193 Å². The Morgan fingerprint density at radius 3 is 1.21 bits per heavy atom. The molecule has 0 aromatic carbocycles. The summed E-state index contributed by atoms with van der Waals surface area (Å²) in [6.07, 6.45) is 36.8. The number of aliphatic hydroxyl groups is 6. The van der Waals surface area contributed by atoms with Crippen molar-refractivity contribution in [1.82, 2.24) is 5.32 Å². The summed E-state index contributed by atoms with van der Waals surface area (Å²) in [6, 6.07) is -0.985. The maximum Gasteiger partial charge on any atom is 0.220 e. The molecule has 1 rings (SSSR count). The van der Waals surface area contributed by atoms with E-state index in [4.69, 9.17) is 9.47 Å². The average Bonchev–Trinajstić information content (AvgIpc) is 3.26. The minimum absolute atomic E-state index is 0.251. The molecular weight excluding hydrogens is 771 g/mol. The Morgan fingerprint density at radius 2 is 0.852 bits per heavy atom. The zero-order valence-electron chi connectivity index (χ0n) is 39.8. The van der Waals surface area contributed by atoms with Crippen LogP contribution in [-0.4, -0.2) is 98.7 Å². The fourth-order valence-electron chi connectivity index (χ4n) is 8.79. The number of hydrogen-bond donors (Lipinski definition) is 7. The first-order chi connectivity index (χ1) is 29.8. The van der Waals surface area contributed by atoms with E-state index in [-0.39, 0.29) is 18.9 Å². The summed E-state index contributed by atoms with van der Waals surface area (Å²) in [5.41, 5.74) is 0. The molecule has 0 radical (unpaired) electrons. The van der Waals surface area contributed by atoms with Crippen LogP contribution < -0.4 is 5.32 Å². The summed E-state index contributed by atoms with van der Waals surface area (Å²) in [6.45, 7) is 3.64. The molecule has 0 bridgehead atoms. The predicted octanol–water partition coefficient (Wildman–Crippen LogP) is 10.9. The van der Waals surface area contributed by atoms with Crippen LogP contribution in [0.25, 0.3) is 0 Å². The van der Waals surface area contributed by atoms with Crippen molar-refractivity contribution in [2.75, 3.05) is 13.2 Å². The molecule has 8 atom stereocenters. The van der Waals surface area contributed by atoms with E-state index in [9.17, 15) is 35.4 Å². The standard InChI is InChI=1S/C51H101NO9/c1-3-5-7-9-11-13-15-17-19-20-21-22-23-24-26-28-30-32-34-36-38-40-46(55)52-43(42-60-51-50(59)49(58)48(57)45(41-53)61-51)47(56)44(54)39-37-35-33-31-29-27-25-18-16-14-12-10-8-6-4-2/h43-45,47-51,53-54,56-59H,3-42H2,1-2H3,(H,52,55)/t43-,44+,45+,47-,48+,49?,50?,51+/m0/s1. The molecule has 1 saturated heterocycles. The number of ether oxygens (including phenoxy) is 2. The lowest BCUT2D eigenvalue weighted by atomic mass is 9.98. The Balaban J connectivity index is 2.29. The van der Waals surface area contributed by atoms with Crippen LogP contribution in [-0.2, 0) is 14.3 Å². The Hall–Kier alpha value is -0.850. The van der Waals surface area contributed by atoms with Gasteiger partial charge in [0, 0.05) is 6.42 Å². The average molecular weight is 872 g/mol. The third-order valence-electron chi connectivity index (χ3n) is 13.1. The van der Waals surface area contributed by atoms with Gasteiger partial charge in [-0.2, -0.15) is 0 Å². The maximum atomic E-state index is 13.1. The quantitative estimate of drug-likeness (QED) is 0.0295. The van der Waals surface area contributed by atoms with Crippen molar-refractivity contribution >= 4 is 5.91 Å². The van der Waals surface area contributed by atoms with Crippen LogP contribution >= 0.6 is 0 Å². The second-order valence-electron chi connectivity index (χ2n) is 18.8. The summed E-state index contributed by atoms with van der Waals surface area (Å²) in [5, 5.41) is 65.4. The third-order valence-corrected chi connectivity index (χ3v) is 13.1. The van der Waals surface area contributed by atoms with E-state index in [0.29, 0.717) is 6.42 Å². The van der Waals surface area contributed by atoms with Crippen LogP contribution in [0.1, 0.15) is 258 Å². The Morgan fingerprint density at radius 1 is 0.508 bits per heavy atom. The van der Waals surface area contributed by atoms with Gasteiger partial charge < -0.3 is 45.4 Å². The highest BCUT2D eigenvalue weighted by molar-refractivity contribution is 5.76. The second-order valence-corrected chi connectivity index (χ2v) is 18.8. The molecule has 0 saturated carbocycles. The van der Waals surface area contributed by atoms with Gasteiger partial charge in [-0.05, 0) is 12.8 Å². The Bertz CT molecular complexity index is 942. The molecule has 364 valence electrons. The molecule has 1 amide bonds. The van der Waals surface area contributed by atoms with Crippen LogP contribution in [0.3, 0.4) is 0 Å². The lowest BCUT2D eigenvalue weighted by molar-refractivity contribution is -0.303. The monoisotopic (exact) mass is 872 g/mol. The van der Waals surface area contributed by atoms with Gasteiger partial charge >= 0.3 is 0 Å². The number of aliphatic hydroxyl groups excluding tert-OH is 6. The molecule has 1 fully saturated rings. The van der Waals surface area contributed by atoms with Crippen LogP contribution in [0.4, 0.5) is 0 Å². The molecule has 0 aromatic rings. The van der Waals surface area contributed by atoms with Crippen molar-refractivity contribution in [3.05, 3.63) is 0 Å². The summed E-state index contributed by atoms with van der Waals surface area (Å²) in [4.78, 5) is 13.1. The number of carbonyl (C=O) groups is 1. The van der Waals surface area contributed by atoms with Crippen molar-refractivity contribution < 1.29 is 44.9 Å². The SMILES string of the molecule is CCCCCCCCCCCCCCCCCCCCCCCC(=O)N[C@@H](CO[C@@H]1O[C@H](CO)[C@@H](O)C(O)C1O)[C@H](O)[C@H](O)CCCCCCCCCCCCCCCCC. The molecule has 10 heteroatoms. The fourth-order valence-corrected chi connectivity index (χ4v) is 8.79. The normalized spacial score (nSPS) is 20.8. The van der Waals surface area contributed by atoms with E-state index in [2.05, 4.69) is 19.2 Å². The molecule has 0 aliphatic carbocycles. The number of unbranched alkanes of at least 4 members (excludes halogenated alkanes) is 34. The summed E-state index contributed by atoms with van der Waals surface area (Å²) in [7, 11) is 0. The second kappa shape index (κ2) is 41.8. The van der Waals surface area contributed by atoms with Crippen molar-refractivity contribution in [3.8, 4) is 0 Å². The van der Waals surface area contributed by atoms with E-state index in [1.54, 1.807) is 0 Å². The van der Waals surface area contributed by atoms with Gasteiger partial charge in [-0.15, -0.1) is 0 Å². The number of carbonyl (C=O) groups excluding carboxylic acids is 1. The van der Waals surface area contributed by atoms with Gasteiger partial charge in [0.05, 0.1) is 25.4 Å². The van der Waals surface area contributed by atoms with Crippen molar-refractivity contribution in [1.29, 1.82) is 0 Å². The Labute approximate surface area is 375 Å². The minimum Gasteiger partial charge on any atom is -0.394 e. The van der Waals surface area contributed by atoms with Gasteiger partial charge in [-0.1, -0.05) is 239 Å². The zero-order valence-corrected chi connectivity index (χ0v) is 39.8. The summed E-state index contributed by atoms with van der Waals surface area (Å²) >= 11 is 0. The van der Waals surface area contributed by atoms with Crippen molar-refractivity contribution in [2.45, 2.75) is 307 Å². The molecule has 2 unspecified atom stereocenters. The van der Waals surface area contributed by atoms with Crippen molar-refractivity contribution in [2.24, 2.45) is 0 Å². The molecule has 10 nitrogen and oxygen atoms in total. The largest absolute Gasteiger partial charge is 0.394 e. The molecule has 7 N–H and O–H groups in total. The molecule has 0 spiro atoms. The van der Waals surface area contributed by atoms with E-state index < -0.39 is 55.6 Å². The van der Waals surface area contributed by atoms with Gasteiger partial charge in [-0.25, -0.2) is 0 Å². The lowest BCUT2D eigenvalue weighted by Crippen LogP contribution is -2.60. The highest BCUT2D eigenvalue weighted by Crippen LogP contribution is 2.23. The number of amides is 1. The zero-order chi connectivity index (χ0) is 44.6. The highest BCUT2D eigenvalue weighted by Gasteiger charge is 2.44.